The van der Waals surface area contributed by atoms with Gasteiger partial charge in [0, 0.05) is 5.02 Å². The van der Waals surface area contributed by atoms with Crippen LogP contribution in [0.15, 0.2) is 47.6 Å². The normalized spacial score (nSPS) is 10.7. The van der Waals surface area contributed by atoms with Crippen molar-refractivity contribution in [2.24, 2.45) is 5.10 Å². The Morgan fingerprint density at radius 3 is 2.68 bits per heavy atom. The van der Waals surface area contributed by atoms with Crippen LogP contribution in [-0.4, -0.2) is 18.7 Å². The molecule has 0 saturated carbocycles. The third kappa shape index (κ3) is 5.22. The lowest BCUT2D eigenvalue weighted by atomic mass is 10.2. The fourth-order valence-corrected chi connectivity index (χ4v) is 2.00. The van der Waals surface area contributed by atoms with Crippen LogP contribution in [0.4, 0.5) is 0 Å². The summed E-state index contributed by atoms with van der Waals surface area (Å²) in [5.41, 5.74) is 3.06. The van der Waals surface area contributed by atoms with Crippen LogP contribution in [0, 0.1) is 0 Å². The van der Waals surface area contributed by atoms with E-state index < -0.39 is 5.91 Å². The summed E-state index contributed by atoms with van der Waals surface area (Å²) in [7, 11) is 0. The maximum absolute atomic E-state index is 11.6. The first-order valence-electron chi connectivity index (χ1n) is 6.20. The molecule has 1 amide bonds. The molecule has 0 aliphatic rings. The minimum atomic E-state index is -0.392. The highest BCUT2D eigenvalue weighted by Gasteiger charge is 2.02. The molecule has 0 spiro atoms. The van der Waals surface area contributed by atoms with Gasteiger partial charge in [0.15, 0.2) is 6.61 Å². The van der Waals surface area contributed by atoms with Crippen molar-refractivity contribution < 1.29 is 9.53 Å². The van der Waals surface area contributed by atoms with Gasteiger partial charge in [-0.1, -0.05) is 46.9 Å². The van der Waals surface area contributed by atoms with Crippen molar-refractivity contribution in [1.82, 2.24) is 5.43 Å². The van der Waals surface area contributed by atoms with Crippen LogP contribution in [-0.2, 0) is 4.79 Å². The van der Waals surface area contributed by atoms with E-state index in [9.17, 15) is 4.79 Å². The van der Waals surface area contributed by atoms with Gasteiger partial charge >= 0.3 is 0 Å². The first-order chi connectivity index (χ1) is 10.5. The number of hydrogen-bond donors (Lipinski definition) is 1. The number of nitrogens with one attached hydrogen (secondary N) is 1. The molecule has 2 aromatic carbocycles. The number of nitrogens with zero attached hydrogens (tertiary/aromatic N) is 1. The molecule has 0 heterocycles. The first kappa shape index (κ1) is 16.6. The minimum Gasteiger partial charge on any atom is -0.484 e. The van der Waals surface area contributed by atoms with Gasteiger partial charge in [0.25, 0.3) is 5.91 Å². The van der Waals surface area contributed by atoms with Crippen molar-refractivity contribution in [2.75, 3.05) is 6.61 Å². The Morgan fingerprint density at radius 2 is 1.95 bits per heavy atom. The van der Waals surface area contributed by atoms with E-state index in [2.05, 4.69) is 10.5 Å². The number of hydrogen-bond acceptors (Lipinski definition) is 3. The summed E-state index contributed by atoms with van der Waals surface area (Å²) >= 11 is 17.5. The largest absolute Gasteiger partial charge is 0.484 e. The SMILES string of the molecule is O=C(COc1cccc(Cl)c1)N/N=C/c1ccc(Cl)c(Cl)c1. The summed E-state index contributed by atoms with van der Waals surface area (Å²) in [6.45, 7) is -0.168. The smallest absolute Gasteiger partial charge is 0.277 e. The standard InChI is InChI=1S/C15H11Cl3N2O2/c16-11-2-1-3-12(7-11)22-9-15(21)20-19-8-10-4-5-13(17)14(18)6-10/h1-8H,9H2,(H,20,21)/b19-8+. The Morgan fingerprint density at radius 1 is 1.14 bits per heavy atom. The summed E-state index contributed by atoms with van der Waals surface area (Å²) < 4.78 is 5.28. The molecule has 0 atom stereocenters. The Labute approximate surface area is 142 Å². The van der Waals surface area contributed by atoms with Crippen LogP contribution in [0.25, 0.3) is 0 Å². The van der Waals surface area contributed by atoms with Crippen molar-refractivity contribution in [1.29, 1.82) is 0 Å². The highest BCUT2D eigenvalue weighted by atomic mass is 35.5. The quantitative estimate of drug-likeness (QED) is 0.645. The van der Waals surface area contributed by atoms with Gasteiger partial charge in [-0.25, -0.2) is 5.43 Å². The Hall–Kier alpha value is -1.75. The van der Waals surface area contributed by atoms with E-state index in [0.29, 0.717) is 26.4 Å². The number of amides is 1. The number of hydrazone groups is 1. The van der Waals surface area contributed by atoms with Crippen LogP contribution in [0.5, 0.6) is 5.75 Å². The van der Waals surface area contributed by atoms with E-state index in [-0.39, 0.29) is 6.61 Å². The summed E-state index contributed by atoms with van der Waals surface area (Å²) in [6, 6.07) is 11.8. The van der Waals surface area contributed by atoms with Gasteiger partial charge in [-0.15, -0.1) is 0 Å². The van der Waals surface area contributed by atoms with E-state index in [1.807, 2.05) is 0 Å². The van der Waals surface area contributed by atoms with Gasteiger partial charge in [-0.05, 0) is 35.9 Å². The highest BCUT2D eigenvalue weighted by Crippen LogP contribution is 2.21. The van der Waals surface area contributed by atoms with Crippen molar-refractivity contribution in [3.8, 4) is 5.75 Å². The van der Waals surface area contributed by atoms with Gasteiger partial charge in [-0.3, -0.25) is 4.79 Å². The van der Waals surface area contributed by atoms with Gasteiger partial charge in [0.1, 0.15) is 5.75 Å². The topological polar surface area (TPSA) is 50.7 Å². The minimum absolute atomic E-state index is 0.168. The van der Waals surface area contributed by atoms with Gasteiger partial charge in [-0.2, -0.15) is 5.10 Å². The number of halogens is 3. The number of benzene rings is 2. The van der Waals surface area contributed by atoms with Crippen LogP contribution in [0.3, 0.4) is 0 Å². The second-order valence-electron chi connectivity index (χ2n) is 4.21. The molecule has 7 heteroatoms. The second kappa shape index (κ2) is 8.03. The highest BCUT2D eigenvalue weighted by molar-refractivity contribution is 6.42. The lowest BCUT2D eigenvalue weighted by Gasteiger charge is -2.05. The first-order valence-corrected chi connectivity index (χ1v) is 7.33. The molecule has 22 heavy (non-hydrogen) atoms. The summed E-state index contributed by atoms with van der Waals surface area (Å²) in [5, 5.41) is 5.22. The molecule has 1 N–H and O–H groups in total. The number of carbonyl (C=O) groups excluding carboxylic acids is 1. The Bertz CT molecular complexity index is 705. The molecule has 0 bridgehead atoms. The molecule has 0 fully saturated rings. The van der Waals surface area contributed by atoms with Crippen LogP contribution >= 0.6 is 34.8 Å². The average Bonchev–Trinajstić information content (AvgIpc) is 2.49. The molecule has 0 saturated heterocycles. The zero-order valence-electron chi connectivity index (χ0n) is 11.2. The Balaban J connectivity index is 1.82. The maximum atomic E-state index is 11.6. The van der Waals surface area contributed by atoms with Gasteiger partial charge < -0.3 is 4.74 Å². The van der Waals surface area contributed by atoms with Crippen LogP contribution < -0.4 is 10.2 Å². The number of rotatable bonds is 5. The predicted octanol–water partition coefficient (Wildman–Crippen LogP) is 4.18. The van der Waals surface area contributed by atoms with E-state index in [1.165, 1.54) is 6.21 Å². The van der Waals surface area contributed by atoms with Crippen molar-refractivity contribution in [3.05, 3.63) is 63.1 Å². The van der Waals surface area contributed by atoms with Crippen molar-refractivity contribution >= 4 is 46.9 Å². The van der Waals surface area contributed by atoms with Crippen LogP contribution in [0.2, 0.25) is 15.1 Å². The van der Waals surface area contributed by atoms with Gasteiger partial charge in [0.2, 0.25) is 0 Å². The molecule has 2 aromatic rings. The van der Waals surface area contributed by atoms with E-state index >= 15 is 0 Å². The molecule has 0 unspecified atom stereocenters. The third-order valence-corrected chi connectivity index (χ3v) is 3.49. The van der Waals surface area contributed by atoms with Gasteiger partial charge in [0.05, 0.1) is 16.3 Å². The summed E-state index contributed by atoms with van der Waals surface area (Å²) in [4.78, 5) is 11.6. The molecule has 114 valence electrons. The molecule has 0 aliphatic carbocycles. The van der Waals surface area contributed by atoms with Crippen LogP contribution in [0.1, 0.15) is 5.56 Å². The molecular weight excluding hydrogens is 347 g/mol. The second-order valence-corrected chi connectivity index (χ2v) is 5.46. The molecule has 4 nitrogen and oxygen atoms in total. The molecule has 2 rings (SSSR count). The zero-order chi connectivity index (χ0) is 15.9. The van der Waals surface area contributed by atoms with Crippen molar-refractivity contribution in [3.63, 3.8) is 0 Å². The zero-order valence-corrected chi connectivity index (χ0v) is 13.5. The molecular formula is C15H11Cl3N2O2. The maximum Gasteiger partial charge on any atom is 0.277 e. The predicted molar refractivity (Wildman–Crippen MR) is 89.1 cm³/mol. The van der Waals surface area contributed by atoms with E-state index in [1.54, 1.807) is 42.5 Å². The monoisotopic (exact) mass is 356 g/mol. The van der Waals surface area contributed by atoms with E-state index in [4.69, 9.17) is 39.5 Å². The average molecular weight is 358 g/mol. The fourth-order valence-electron chi connectivity index (χ4n) is 1.51. The lowest BCUT2D eigenvalue weighted by Crippen LogP contribution is -2.24. The lowest BCUT2D eigenvalue weighted by molar-refractivity contribution is -0.123. The number of carbonyl (C=O) groups is 1. The van der Waals surface area contributed by atoms with E-state index in [0.717, 1.165) is 0 Å². The summed E-state index contributed by atoms with van der Waals surface area (Å²) in [5.74, 6) is 0.118. The molecule has 0 radical (unpaired) electrons. The fraction of sp³-hybridized carbons (Fsp3) is 0.0667. The molecule has 0 aromatic heterocycles. The number of ether oxygens (including phenoxy) is 1. The molecule has 0 aliphatic heterocycles. The third-order valence-electron chi connectivity index (χ3n) is 2.51. The van der Waals surface area contributed by atoms with Crippen molar-refractivity contribution in [2.45, 2.75) is 0 Å². The Kier molecular flexibility index (Phi) is 6.07. The summed E-state index contributed by atoms with van der Waals surface area (Å²) in [6.07, 6.45) is 1.46.